The van der Waals surface area contributed by atoms with E-state index in [1.807, 2.05) is 18.3 Å². The van der Waals surface area contributed by atoms with Gasteiger partial charge in [0.15, 0.2) is 0 Å². The summed E-state index contributed by atoms with van der Waals surface area (Å²) in [5.41, 5.74) is 3.00. The van der Waals surface area contributed by atoms with Crippen molar-refractivity contribution in [1.82, 2.24) is 0 Å². The predicted octanol–water partition coefficient (Wildman–Crippen LogP) is 3.50. The average molecular weight is 190 g/mol. The Labute approximate surface area is 84.0 Å². The van der Waals surface area contributed by atoms with Gasteiger partial charge in [0.1, 0.15) is 0 Å². The maximum atomic E-state index is 3.32. The SMILES string of the molecule is CC#CC1CCCc2scc(C)c21. The Hall–Kier alpha value is -0.740. The molecule has 0 spiro atoms. The van der Waals surface area contributed by atoms with Gasteiger partial charge in [-0.05, 0) is 49.6 Å². The Bertz CT molecular complexity index is 362. The van der Waals surface area contributed by atoms with E-state index in [1.54, 1.807) is 10.4 Å². The van der Waals surface area contributed by atoms with Crippen LogP contribution in [-0.2, 0) is 6.42 Å². The molecule has 1 atom stereocenters. The van der Waals surface area contributed by atoms with Gasteiger partial charge >= 0.3 is 0 Å². The summed E-state index contributed by atoms with van der Waals surface area (Å²) in [4.78, 5) is 1.58. The van der Waals surface area contributed by atoms with Crippen molar-refractivity contribution in [3.8, 4) is 11.8 Å². The Balaban J connectivity index is 2.44. The van der Waals surface area contributed by atoms with Crippen molar-refractivity contribution < 1.29 is 0 Å². The van der Waals surface area contributed by atoms with Crippen molar-refractivity contribution in [2.75, 3.05) is 0 Å². The third-order valence-electron chi connectivity index (χ3n) is 2.67. The third kappa shape index (κ3) is 1.51. The molecule has 1 aliphatic rings. The molecular weight excluding hydrogens is 176 g/mol. The molecule has 1 heteroatoms. The van der Waals surface area contributed by atoms with E-state index in [4.69, 9.17) is 0 Å². The van der Waals surface area contributed by atoms with Gasteiger partial charge in [0.05, 0.1) is 0 Å². The van der Waals surface area contributed by atoms with Crippen molar-refractivity contribution in [2.45, 2.75) is 39.0 Å². The summed E-state index contributed by atoms with van der Waals surface area (Å²) in [6.45, 7) is 4.15. The molecular formula is C12H14S. The fourth-order valence-electron chi connectivity index (χ4n) is 2.10. The predicted molar refractivity (Wildman–Crippen MR) is 58.2 cm³/mol. The van der Waals surface area contributed by atoms with E-state index in [1.165, 1.54) is 24.8 Å². The van der Waals surface area contributed by atoms with E-state index < -0.39 is 0 Å². The first-order chi connectivity index (χ1) is 6.33. The molecule has 68 valence electrons. The average Bonchev–Trinajstić information content (AvgIpc) is 2.50. The van der Waals surface area contributed by atoms with Crippen molar-refractivity contribution in [3.63, 3.8) is 0 Å². The van der Waals surface area contributed by atoms with Crippen LogP contribution in [0.3, 0.4) is 0 Å². The third-order valence-corrected chi connectivity index (χ3v) is 3.85. The van der Waals surface area contributed by atoms with Crippen LogP contribution >= 0.6 is 11.3 Å². The Morgan fingerprint density at radius 2 is 2.38 bits per heavy atom. The smallest absolute Gasteiger partial charge is 0.0465 e. The molecule has 0 amide bonds. The van der Waals surface area contributed by atoms with Crippen LogP contribution in [0.5, 0.6) is 0 Å². The summed E-state index contributed by atoms with van der Waals surface area (Å²) in [5.74, 6) is 6.90. The quantitative estimate of drug-likeness (QED) is 0.549. The largest absolute Gasteiger partial charge is 0.148 e. The van der Waals surface area contributed by atoms with Crippen LogP contribution in [0.15, 0.2) is 5.38 Å². The first kappa shape index (κ1) is 8.84. The summed E-state index contributed by atoms with van der Waals surface area (Å²) in [6.07, 6.45) is 3.84. The van der Waals surface area contributed by atoms with Gasteiger partial charge in [-0.25, -0.2) is 0 Å². The van der Waals surface area contributed by atoms with Gasteiger partial charge in [-0.3, -0.25) is 0 Å². The number of hydrogen-bond acceptors (Lipinski definition) is 1. The molecule has 1 aromatic rings. The van der Waals surface area contributed by atoms with Crippen molar-refractivity contribution >= 4 is 11.3 Å². The van der Waals surface area contributed by atoms with Gasteiger partial charge in [-0.2, -0.15) is 0 Å². The number of rotatable bonds is 0. The first-order valence-corrected chi connectivity index (χ1v) is 5.70. The lowest BCUT2D eigenvalue weighted by Crippen LogP contribution is -2.06. The fraction of sp³-hybridized carbons (Fsp3) is 0.500. The van der Waals surface area contributed by atoms with Crippen LogP contribution in [0.25, 0.3) is 0 Å². The number of fused-ring (bicyclic) bond motifs is 1. The lowest BCUT2D eigenvalue weighted by molar-refractivity contribution is 0.648. The minimum atomic E-state index is 0.528. The van der Waals surface area contributed by atoms with Crippen LogP contribution in [0.1, 0.15) is 41.7 Å². The van der Waals surface area contributed by atoms with Gasteiger partial charge in [-0.15, -0.1) is 17.3 Å². The fourth-order valence-corrected chi connectivity index (χ4v) is 3.24. The molecule has 0 radical (unpaired) electrons. The number of aryl methyl sites for hydroxylation is 2. The molecule has 1 heterocycles. The van der Waals surface area contributed by atoms with E-state index in [-0.39, 0.29) is 0 Å². The Morgan fingerprint density at radius 1 is 1.54 bits per heavy atom. The minimum absolute atomic E-state index is 0.528. The molecule has 0 saturated heterocycles. The second kappa shape index (κ2) is 3.55. The van der Waals surface area contributed by atoms with Crippen LogP contribution in [0.2, 0.25) is 0 Å². The topological polar surface area (TPSA) is 0 Å². The highest BCUT2D eigenvalue weighted by Crippen LogP contribution is 2.37. The van der Waals surface area contributed by atoms with Crippen LogP contribution in [0.4, 0.5) is 0 Å². The molecule has 0 saturated carbocycles. The molecule has 2 rings (SSSR count). The first-order valence-electron chi connectivity index (χ1n) is 4.82. The lowest BCUT2D eigenvalue weighted by Gasteiger charge is -2.18. The number of hydrogen-bond donors (Lipinski definition) is 0. The van der Waals surface area contributed by atoms with Crippen molar-refractivity contribution in [2.24, 2.45) is 0 Å². The monoisotopic (exact) mass is 190 g/mol. The minimum Gasteiger partial charge on any atom is -0.148 e. The highest BCUT2D eigenvalue weighted by atomic mass is 32.1. The standard InChI is InChI=1S/C12H14S/c1-3-5-10-6-4-7-11-12(10)9(2)8-13-11/h8,10H,4,6-7H2,1-2H3. The van der Waals surface area contributed by atoms with Crippen LogP contribution < -0.4 is 0 Å². The van der Waals surface area contributed by atoms with Gasteiger partial charge in [0.2, 0.25) is 0 Å². The van der Waals surface area contributed by atoms with E-state index >= 15 is 0 Å². The zero-order valence-corrected chi connectivity index (χ0v) is 9.00. The second-order valence-corrected chi connectivity index (χ2v) is 4.56. The maximum Gasteiger partial charge on any atom is 0.0465 e. The molecule has 1 aromatic heterocycles. The molecule has 1 unspecified atom stereocenters. The van der Waals surface area contributed by atoms with Crippen LogP contribution in [0, 0.1) is 18.8 Å². The van der Waals surface area contributed by atoms with E-state index in [0.717, 1.165) is 0 Å². The van der Waals surface area contributed by atoms with E-state index in [2.05, 4.69) is 24.1 Å². The zero-order valence-electron chi connectivity index (χ0n) is 8.18. The molecule has 1 aliphatic carbocycles. The zero-order chi connectivity index (χ0) is 9.26. The summed E-state index contributed by atoms with van der Waals surface area (Å²) < 4.78 is 0. The van der Waals surface area contributed by atoms with Crippen molar-refractivity contribution in [1.29, 1.82) is 0 Å². The van der Waals surface area contributed by atoms with E-state index in [0.29, 0.717) is 5.92 Å². The van der Waals surface area contributed by atoms with Gasteiger partial charge in [0.25, 0.3) is 0 Å². The normalized spacial score (nSPS) is 20.3. The molecule has 0 aromatic carbocycles. The van der Waals surface area contributed by atoms with Crippen LogP contribution in [-0.4, -0.2) is 0 Å². The molecule has 0 aliphatic heterocycles. The molecule has 0 nitrogen and oxygen atoms in total. The summed E-state index contributed by atoms with van der Waals surface area (Å²) in [5, 5.41) is 2.28. The Kier molecular flexibility index (Phi) is 2.42. The lowest BCUT2D eigenvalue weighted by atomic mass is 9.86. The number of thiophene rings is 1. The highest BCUT2D eigenvalue weighted by molar-refractivity contribution is 7.10. The molecule has 13 heavy (non-hydrogen) atoms. The second-order valence-electron chi connectivity index (χ2n) is 3.59. The summed E-state index contributed by atoms with van der Waals surface area (Å²) in [7, 11) is 0. The van der Waals surface area contributed by atoms with Gasteiger partial charge < -0.3 is 0 Å². The Morgan fingerprint density at radius 3 is 3.15 bits per heavy atom. The van der Waals surface area contributed by atoms with Crippen molar-refractivity contribution in [3.05, 3.63) is 21.4 Å². The highest BCUT2D eigenvalue weighted by Gasteiger charge is 2.21. The molecule has 0 fully saturated rings. The maximum absolute atomic E-state index is 3.32. The summed E-state index contributed by atoms with van der Waals surface area (Å²) in [6, 6.07) is 0. The summed E-state index contributed by atoms with van der Waals surface area (Å²) >= 11 is 1.91. The molecule has 0 N–H and O–H groups in total. The van der Waals surface area contributed by atoms with E-state index in [9.17, 15) is 0 Å². The van der Waals surface area contributed by atoms with Gasteiger partial charge in [-0.1, -0.05) is 5.92 Å². The van der Waals surface area contributed by atoms with Gasteiger partial charge in [0, 0.05) is 10.8 Å². The molecule has 0 bridgehead atoms.